The summed E-state index contributed by atoms with van der Waals surface area (Å²) in [5.41, 5.74) is 1.85. The van der Waals surface area contributed by atoms with Crippen molar-refractivity contribution in [2.45, 2.75) is 13.3 Å². The third-order valence-corrected chi connectivity index (χ3v) is 1.72. The molecular weight excluding hydrogens is 147 g/mol. The van der Waals surface area contributed by atoms with E-state index >= 15 is 0 Å². The molecule has 0 nitrogen and oxygen atoms in total. The van der Waals surface area contributed by atoms with Gasteiger partial charge in [-0.25, -0.2) is 0 Å². The van der Waals surface area contributed by atoms with E-state index in [2.05, 4.69) is 6.92 Å². The molecule has 0 aromatic rings. The Balaban J connectivity index is 3.08. The van der Waals surface area contributed by atoms with Gasteiger partial charge in [0.1, 0.15) is 0 Å². The minimum atomic E-state index is -1.13. The normalized spacial score (nSPS) is 11.4. The summed E-state index contributed by atoms with van der Waals surface area (Å²) in [4.78, 5) is 0. The van der Waals surface area contributed by atoms with Crippen LogP contribution >= 0.6 is 22.2 Å². The number of hydrogen-bond acceptors (Lipinski definition) is 0. The third-order valence-electron chi connectivity index (χ3n) is 0.480. The molecule has 0 fully saturated rings. The Labute approximate surface area is 55.1 Å². The van der Waals surface area contributed by atoms with E-state index in [0.29, 0.717) is 0 Å². The largest absolute Gasteiger partial charge is 0.299 e. The molecule has 0 aliphatic carbocycles. The lowest BCUT2D eigenvalue weighted by Crippen LogP contribution is -1.81. The van der Waals surface area contributed by atoms with Gasteiger partial charge in [-0.3, -0.25) is 0 Å². The highest BCUT2D eigenvalue weighted by molar-refractivity contribution is 7.36. The van der Waals surface area contributed by atoms with Crippen molar-refractivity contribution in [3.8, 4) is 0 Å². The highest BCUT2D eigenvalue weighted by Crippen LogP contribution is 1.96. The van der Waals surface area contributed by atoms with Crippen LogP contribution in [-0.2, 0) is 0 Å². The topological polar surface area (TPSA) is 0 Å². The molecule has 0 aliphatic rings. The van der Waals surface area contributed by atoms with E-state index in [1.54, 1.807) is 0 Å². The summed E-state index contributed by atoms with van der Waals surface area (Å²) in [5.74, 6) is 0. The van der Waals surface area contributed by atoms with E-state index in [0.717, 1.165) is 6.42 Å². The summed E-state index contributed by atoms with van der Waals surface area (Å²) < 4.78 is 0. The number of hydrogen-bond donors (Lipinski definition) is 0. The number of rotatable bonds is 2. The zero-order valence-electron chi connectivity index (χ0n) is 4.12. The zero-order chi connectivity index (χ0) is 5.70. The van der Waals surface area contributed by atoms with Gasteiger partial charge in [0.2, 0.25) is 0 Å². The third kappa shape index (κ3) is 6.54. The predicted molar refractivity (Wildman–Crippen MR) is 36.9 cm³/mol. The highest BCUT2D eigenvalue weighted by Gasteiger charge is 1.91. The van der Waals surface area contributed by atoms with Crippen molar-refractivity contribution in [2.75, 3.05) is 0 Å². The van der Waals surface area contributed by atoms with E-state index in [4.69, 9.17) is 22.2 Å². The number of halogens is 2. The summed E-state index contributed by atoms with van der Waals surface area (Å²) >= 11 is 10.9. The van der Waals surface area contributed by atoms with Crippen LogP contribution in [0.2, 0.25) is 0 Å². The van der Waals surface area contributed by atoms with E-state index in [-0.39, 0.29) is 0 Å². The quantitative estimate of drug-likeness (QED) is 0.423. The first kappa shape index (κ1) is 7.54. The van der Waals surface area contributed by atoms with Crippen LogP contribution in [0.25, 0.3) is 0 Å². The minimum Gasteiger partial charge on any atom is -0.141 e. The molecule has 41 valence electrons. The number of allylic oxidation sites excluding steroid dienone is 1. The fourth-order valence-corrected chi connectivity index (χ4v) is 1.16. The molecule has 0 rings (SSSR count). The Kier molecular flexibility index (Phi) is 5.05. The first-order valence-corrected chi connectivity index (χ1v) is 5.72. The van der Waals surface area contributed by atoms with Crippen LogP contribution in [0.3, 0.4) is 0 Å². The van der Waals surface area contributed by atoms with E-state index in [1.807, 2.05) is 11.8 Å². The molecule has 0 aromatic heterocycles. The lowest BCUT2D eigenvalue weighted by atomic mass is 10.5. The Hall–Kier alpha value is 0.537. The molecule has 0 saturated heterocycles. The minimum absolute atomic E-state index is 1.02. The fourth-order valence-electron chi connectivity index (χ4n) is 0.207. The molecule has 0 saturated carbocycles. The smallest absolute Gasteiger partial charge is 0.141 e. The van der Waals surface area contributed by atoms with Crippen LogP contribution in [0.1, 0.15) is 13.3 Å². The SMILES string of the molecule is CCC=C[Si](Cl)Cl. The maximum absolute atomic E-state index is 5.44. The van der Waals surface area contributed by atoms with Crippen LogP contribution in [-0.4, -0.2) is 7.42 Å². The maximum atomic E-state index is 5.44. The van der Waals surface area contributed by atoms with Crippen molar-refractivity contribution in [3.63, 3.8) is 0 Å². The van der Waals surface area contributed by atoms with Gasteiger partial charge in [0, 0.05) is 0 Å². The van der Waals surface area contributed by atoms with Gasteiger partial charge in [-0.2, -0.15) is 0 Å². The second kappa shape index (κ2) is 4.69. The van der Waals surface area contributed by atoms with Crippen LogP contribution in [0, 0.1) is 0 Å². The highest BCUT2D eigenvalue weighted by atomic mass is 35.7. The molecule has 0 unspecified atom stereocenters. The lowest BCUT2D eigenvalue weighted by Gasteiger charge is -1.79. The van der Waals surface area contributed by atoms with Crippen LogP contribution in [0.15, 0.2) is 11.8 Å². The summed E-state index contributed by atoms with van der Waals surface area (Å²) in [7, 11) is -1.13. The molecular formula is C4H7Cl2Si. The Morgan fingerprint density at radius 3 is 2.29 bits per heavy atom. The Bertz CT molecular complexity index is 60.7. The molecule has 0 amide bonds. The van der Waals surface area contributed by atoms with Gasteiger partial charge in [0.25, 0.3) is 7.42 Å². The van der Waals surface area contributed by atoms with Gasteiger partial charge in [-0.1, -0.05) is 18.7 Å². The Morgan fingerprint density at radius 2 is 2.14 bits per heavy atom. The first-order chi connectivity index (χ1) is 3.27. The molecule has 0 aromatic carbocycles. The van der Waals surface area contributed by atoms with Crippen molar-refractivity contribution in [1.82, 2.24) is 0 Å². The van der Waals surface area contributed by atoms with Gasteiger partial charge in [0.05, 0.1) is 0 Å². The molecule has 0 bridgehead atoms. The van der Waals surface area contributed by atoms with Gasteiger partial charge in [-0.15, -0.1) is 22.2 Å². The van der Waals surface area contributed by atoms with Crippen molar-refractivity contribution >= 4 is 29.6 Å². The van der Waals surface area contributed by atoms with Crippen molar-refractivity contribution in [1.29, 1.82) is 0 Å². The summed E-state index contributed by atoms with van der Waals surface area (Å²) in [5, 5.41) is 0. The monoisotopic (exact) mass is 153 g/mol. The van der Waals surface area contributed by atoms with Crippen LogP contribution in [0.4, 0.5) is 0 Å². The van der Waals surface area contributed by atoms with E-state index in [9.17, 15) is 0 Å². The molecule has 1 radical (unpaired) electrons. The average Bonchev–Trinajstić information content (AvgIpc) is 1.61. The summed E-state index contributed by atoms with van der Waals surface area (Å²) in [6, 6.07) is 0. The van der Waals surface area contributed by atoms with Gasteiger partial charge >= 0.3 is 0 Å². The Morgan fingerprint density at radius 1 is 1.57 bits per heavy atom. The fraction of sp³-hybridized carbons (Fsp3) is 0.500. The standard InChI is InChI=1S/C4H7Cl2Si/c1-2-3-4-7(5)6/h3-4H,2H2,1H3. The first-order valence-electron chi connectivity index (χ1n) is 2.12. The summed E-state index contributed by atoms with van der Waals surface area (Å²) in [6.07, 6.45) is 3.00. The van der Waals surface area contributed by atoms with Crippen molar-refractivity contribution in [2.24, 2.45) is 0 Å². The van der Waals surface area contributed by atoms with E-state index < -0.39 is 7.42 Å². The molecule has 0 spiro atoms. The van der Waals surface area contributed by atoms with E-state index in [1.165, 1.54) is 0 Å². The van der Waals surface area contributed by atoms with Crippen molar-refractivity contribution in [3.05, 3.63) is 11.8 Å². The summed E-state index contributed by atoms with van der Waals surface area (Å²) in [6.45, 7) is 2.05. The van der Waals surface area contributed by atoms with Gasteiger partial charge in [0.15, 0.2) is 0 Å². The van der Waals surface area contributed by atoms with Crippen molar-refractivity contribution < 1.29 is 0 Å². The average molecular weight is 154 g/mol. The van der Waals surface area contributed by atoms with Gasteiger partial charge in [-0.05, 0) is 6.42 Å². The molecule has 0 heterocycles. The lowest BCUT2D eigenvalue weighted by molar-refractivity contribution is 1.23. The molecule has 7 heavy (non-hydrogen) atoms. The van der Waals surface area contributed by atoms with Crippen LogP contribution < -0.4 is 0 Å². The molecule has 0 aliphatic heterocycles. The molecule has 3 heteroatoms. The predicted octanol–water partition coefficient (Wildman–Crippen LogP) is 2.46. The molecule has 0 N–H and O–H groups in total. The van der Waals surface area contributed by atoms with Gasteiger partial charge < -0.3 is 0 Å². The maximum Gasteiger partial charge on any atom is 0.299 e. The zero-order valence-corrected chi connectivity index (χ0v) is 6.63. The second-order valence-corrected chi connectivity index (χ2v) is 5.04. The molecule has 0 atom stereocenters. The second-order valence-electron chi connectivity index (χ2n) is 1.10. The van der Waals surface area contributed by atoms with Crippen LogP contribution in [0.5, 0.6) is 0 Å².